The highest BCUT2D eigenvalue weighted by molar-refractivity contribution is 14.0. The molecule has 5 nitrogen and oxygen atoms in total. The van der Waals surface area contributed by atoms with Crippen LogP contribution in [-0.2, 0) is 13.1 Å². The molecule has 1 heterocycles. The molecule has 0 aliphatic heterocycles. The summed E-state index contributed by atoms with van der Waals surface area (Å²) in [4.78, 5) is 4.19. The molecular weight excluding hydrogens is 456 g/mol. The fraction of sp³-hybridized carbons (Fsp3) is 0.200. The van der Waals surface area contributed by atoms with Crippen LogP contribution in [0, 0.1) is 12.7 Å². The summed E-state index contributed by atoms with van der Waals surface area (Å²) in [6.45, 7) is 2.79. The van der Waals surface area contributed by atoms with E-state index in [1.807, 2.05) is 53.3 Å². The van der Waals surface area contributed by atoms with Crippen molar-refractivity contribution in [1.29, 1.82) is 0 Å². The fourth-order valence-corrected chi connectivity index (χ4v) is 2.51. The molecule has 0 spiro atoms. The third-order valence-electron chi connectivity index (χ3n) is 4.02. The number of hydrogen-bond acceptors (Lipinski definition) is 2. The van der Waals surface area contributed by atoms with Gasteiger partial charge < -0.3 is 10.6 Å². The summed E-state index contributed by atoms with van der Waals surface area (Å²) < 4.78 is 15.4. The average molecular weight is 479 g/mol. The number of rotatable bonds is 5. The number of nitrogens with zero attached hydrogens (tertiary/aromatic N) is 3. The van der Waals surface area contributed by atoms with Crippen molar-refractivity contribution in [3.8, 4) is 5.69 Å². The monoisotopic (exact) mass is 479 g/mol. The molecule has 2 N–H and O–H groups in total. The number of nitrogens with one attached hydrogen (secondary N) is 2. The van der Waals surface area contributed by atoms with E-state index in [2.05, 4.69) is 20.7 Å². The number of guanidine groups is 1. The van der Waals surface area contributed by atoms with Crippen LogP contribution in [0.2, 0.25) is 0 Å². The van der Waals surface area contributed by atoms with E-state index in [4.69, 9.17) is 0 Å². The Bertz CT molecular complexity index is 892. The molecule has 0 fully saturated rings. The van der Waals surface area contributed by atoms with E-state index in [0.29, 0.717) is 24.6 Å². The van der Waals surface area contributed by atoms with Gasteiger partial charge in [-0.1, -0.05) is 30.3 Å². The van der Waals surface area contributed by atoms with E-state index < -0.39 is 0 Å². The summed E-state index contributed by atoms with van der Waals surface area (Å²) in [6.07, 6.45) is 1.93. The van der Waals surface area contributed by atoms with Gasteiger partial charge in [-0.25, -0.2) is 9.07 Å². The van der Waals surface area contributed by atoms with Crippen molar-refractivity contribution in [3.05, 3.63) is 83.4 Å². The lowest BCUT2D eigenvalue weighted by Crippen LogP contribution is -2.36. The largest absolute Gasteiger partial charge is 0.352 e. The van der Waals surface area contributed by atoms with Gasteiger partial charge in [0.05, 0.1) is 17.9 Å². The molecular formula is C20H23FIN5. The maximum Gasteiger partial charge on any atom is 0.191 e. The first kappa shape index (κ1) is 20.9. The smallest absolute Gasteiger partial charge is 0.191 e. The van der Waals surface area contributed by atoms with E-state index in [-0.39, 0.29) is 29.8 Å². The number of aliphatic imine (C=N–C) groups is 1. The molecule has 0 unspecified atom stereocenters. The summed E-state index contributed by atoms with van der Waals surface area (Å²) in [5.74, 6) is 0.443. The molecule has 3 rings (SSSR count). The van der Waals surface area contributed by atoms with E-state index in [1.54, 1.807) is 20.0 Å². The van der Waals surface area contributed by atoms with Crippen LogP contribution >= 0.6 is 24.0 Å². The topological polar surface area (TPSA) is 54.2 Å². The minimum absolute atomic E-state index is 0. The SMILES string of the molecule is CN=C(NCc1ccc(C)c(F)c1)NCc1ccn(-c2ccccc2)n1.I. The Balaban J connectivity index is 0.00000261. The highest BCUT2D eigenvalue weighted by Gasteiger charge is 2.04. The van der Waals surface area contributed by atoms with E-state index in [1.165, 1.54) is 6.07 Å². The van der Waals surface area contributed by atoms with E-state index in [9.17, 15) is 4.39 Å². The molecule has 142 valence electrons. The van der Waals surface area contributed by atoms with Gasteiger partial charge in [0.2, 0.25) is 0 Å². The normalized spacial score (nSPS) is 11.0. The van der Waals surface area contributed by atoms with Crippen LogP contribution in [0.3, 0.4) is 0 Å². The quantitative estimate of drug-likeness (QED) is 0.333. The second-order valence-corrected chi connectivity index (χ2v) is 5.95. The van der Waals surface area contributed by atoms with Crippen molar-refractivity contribution >= 4 is 29.9 Å². The molecule has 7 heteroatoms. The molecule has 0 aliphatic carbocycles. The Morgan fingerprint density at radius 2 is 1.81 bits per heavy atom. The first-order valence-electron chi connectivity index (χ1n) is 8.45. The van der Waals surface area contributed by atoms with Gasteiger partial charge in [0.1, 0.15) is 5.82 Å². The molecule has 0 atom stereocenters. The van der Waals surface area contributed by atoms with Crippen molar-refractivity contribution in [2.24, 2.45) is 4.99 Å². The van der Waals surface area contributed by atoms with Crippen molar-refractivity contribution in [2.45, 2.75) is 20.0 Å². The Hall–Kier alpha value is -2.42. The summed E-state index contributed by atoms with van der Waals surface area (Å²) in [7, 11) is 1.70. The molecule has 0 bridgehead atoms. The van der Waals surface area contributed by atoms with Gasteiger partial charge in [-0.2, -0.15) is 5.10 Å². The molecule has 27 heavy (non-hydrogen) atoms. The Kier molecular flexibility index (Phi) is 7.78. The molecule has 0 saturated carbocycles. The highest BCUT2D eigenvalue weighted by atomic mass is 127. The Morgan fingerprint density at radius 3 is 2.52 bits per heavy atom. The van der Waals surface area contributed by atoms with Crippen LogP contribution in [0.5, 0.6) is 0 Å². The van der Waals surface area contributed by atoms with Gasteiger partial charge in [0, 0.05) is 19.8 Å². The zero-order valence-electron chi connectivity index (χ0n) is 15.3. The summed E-state index contributed by atoms with van der Waals surface area (Å²) in [5.41, 5.74) is 3.43. The van der Waals surface area contributed by atoms with Crippen LogP contribution in [0.1, 0.15) is 16.8 Å². The lowest BCUT2D eigenvalue weighted by Gasteiger charge is -2.11. The highest BCUT2D eigenvalue weighted by Crippen LogP contribution is 2.09. The van der Waals surface area contributed by atoms with E-state index >= 15 is 0 Å². The third kappa shape index (κ3) is 5.78. The number of aryl methyl sites for hydroxylation is 1. The Labute approximate surface area is 175 Å². The van der Waals surface area contributed by atoms with Gasteiger partial charge in [-0.3, -0.25) is 4.99 Å². The first-order valence-corrected chi connectivity index (χ1v) is 8.45. The molecule has 0 radical (unpaired) electrons. The zero-order chi connectivity index (χ0) is 18.4. The standard InChI is InChI=1S/C20H22FN5.HI/c1-15-8-9-16(12-19(15)21)13-23-20(22-2)24-14-17-10-11-26(25-17)18-6-4-3-5-7-18;/h3-12H,13-14H2,1-2H3,(H2,22,23,24);1H. The summed E-state index contributed by atoms with van der Waals surface area (Å²) >= 11 is 0. The van der Waals surface area contributed by atoms with Gasteiger partial charge in [0.15, 0.2) is 5.96 Å². The average Bonchev–Trinajstić information content (AvgIpc) is 3.14. The molecule has 1 aromatic heterocycles. The molecule has 3 aromatic rings. The minimum Gasteiger partial charge on any atom is -0.352 e. The summed E-state index contributed by atoms with van der Waals surface area (Å²) in [6, 6.07) is 17.1. The predicted octanol–water partition coefficient (Wildman–Crippen LogP) is 3.80. The Morgan fingerprint density at radius 1 is 1.07 bits per heavy atom. The van der Waals surface area contributed by atoms with Crippen LogP contribution in [0.15, 0.2) is 65.8 Å². The summed E-state index contributed by atoms with van der Waals surface area (Å²) in [5, 5.41) is 10.9. The lowest BCUT2D eigenvalue weighted by molar-refractivity contribution is 0.615. The van der Waals surface area contributed by atoms with Gasteiger partial charge in [-0.15, -0.1) is 24.0 Å². The van der Waals surface area contributed by atoms with Crippen LogP contribution < -0.4 is 10.6 Å². The number of para-hydroxylation sites is 1. The first-order chi connectivity index (χ1) is 12.7. The van der Waals surface area contributed by atoms with Crippen molar-refractivity contribution in [1.82, 2.24) is 20.4 Å². The van der Waals surface area contributed by atoms with Crippen LogP contribution in [0.25, 0.3) is 5.69 Å². The fourth-order valence-electron chi connectivity index (χ4n) is 2.51. The van der Waals surface area contributed by atoms with Crippen molar-refractivity contribution in [2.75, 3.05) is 7.05 Å². The van der Waals surface area contributed by atoms with Crippen LogP contribution in [-0.4, -0.2) is 22.8 Å². The zero-order valence-corrected chi connectivity index (χ0v) is 17.6. The van der Waals surface area contributed by atoms with Gasteiger partial charge in [-0.05, 0) is 42.3 Å². The molecule has 0 aliphatic rings. The maximum absolute atomic E-state index is 13.6. The van der Waals surface area contributed by atoms with Gasteiger partial charge in [0.25, 0.3) is 0 Å². The van der Waals surface area contributed by atoms with Gasteiger partial charge >= 0.3 is 0 Å². The second kappa shape index (κ2) is 10.1. The minimum atomic E-state index is -0.196. The van der Waals surface area contributed by atoms with Crippen LogP contribution in [0.4, 0.5) is 4.39 Å². The maximum atomic E-state index is 13.6. The second-order valence-electron chi connectivity index (χ2n) is 5.95. The third-order valence-corrected chi connectivity index (χ3v) is 4.02. The molecule has 0 saturated heterocycles. The number of benzene rings is 2. The number of aromatic nitrogens is 2. The number of halogens is 2. The molecule has 0 amide bonds. The van der Waals surface area contributed by atoms with E-state index in [0.717, 1.165) is 16.9 Å². The van der Waals surface area contributed by atoms with Crippen molar-refractivity contribution < 1.29 is 4.39 Å². The lowest BCUT2D eigenvalue weighted by atomic mass is 10.1. The predicted molar refractivity (Wildman–Crippen MR) is 117 cm³/mol. The molecule has 2 aromatic carbocycles. The van der Waals surface area contributed by atoms with Crippen molar-refractivity contribution in [3.63, 3.8) is 0 Å². The number of hydrogen-bond donors (Lipinski definition) is 2.